The molecule has 0 saturated heterocycles. The van der Waals surface area contributed by atoms with Crippen molar-refractivity contribution >= 4 is 17.5 Å². The largest absolute Gasteiger partial charge is 0.381 e. The number of fused-ring (bicyclic) bond motifs is 1. The number of aryl methyl sites for hydroxylation is 1. The minimum absolute atomic E-state index is 0.0647. The van der Waals surface area contributed by atoms with E-state index in [9.17, 15) is 4.79 Å². The summed E-state index contributed by atoms with van der Waals surface area (Å²) in [4.78, 5) is 32.4. The van der Waals surface area contributed by atoms with Gasteiger partial charge in [-0.2, -0.15) is 5.10 Å². The van der Waals surface area contributed by atoms with Crippen LogP contribution in [0.5, 0.6) is 0 Å². The van der Waals surface area contributed by atoms with E-state index in [-0.39, 0.29) is 12.5 Å². The van der Waals surface area contributed by atoms with Crippen molar-refractivity contribution in [2.24, 2.45) is 5.92 Å². The monoisotopic (exact) mass is 420 g/mol. The third kappa shape index (κ3) is 3.86. The molecule has 1 amide bonds. The number of hydrogen-bond donors (Lipinski definition) is 2. The number of methoxy groups -OCH3 is 1. The maximum atomic E-state index is 12.2. The smallest absolute Gasteiger partial charge is 0.245 e. The Hall–Kier alpha value is -3.40. The third-order valence-electron chi connectivity index (χ3n) is 5.97. The molecule has 4 heterocycles. The first kappa shape index (κ1) is 19.6. The number of rotatable bonds is 5. The molecule has 31 heavy (non-hydrogen) atoms. The standard InChI is InChI=1S/C21H24N8O2/c1-12-15(5-6-16(25-12)19-23-11-24-28-19)17-8-22-20-21(26-17)29(10-18(30)27-20)9-13-3-4-14(7-13)31-2/h5-6,8,11,13-14H,3-4,7,9-10H2,1-2H3,(H,22,27,30)(H,23,24,28)/t13-,14+/m0/s1. The Morgan fingerprint density at radius 2 is 2.10 bits per heavy atom. The van der Waals surface area contributed by atoms with Gasteiger partial charge in [-0.15, -0.1) is 0 Å². The van der Waals surface area contributed by atoms with Gasteiger partial charge in [0.25, 0.3) is 0 Å². The highest BCUT2D eigenvalue weighted by Crippen LogP contribution is 2.34. The number of aromatic nitrogens is 6. The Morgan fingerprint density at radius 1 is 1.19 bits per heavy atom. The number of amides is 1. The predicted molar refractivity (Wildman–Crippen MR) is 114 cm³/mol. The number of carbonyl (C=O) groups is 1. The van der Waals surface area contributed by atoms with Crippen molar-refractivity contribution in [3.63, 3.8) is 0 Å². The van der Waals surface area contributed by atoms with E-state index in [4.69, 9.17) is 9.72 Å². The first-order chi connectivity index (χ1) is 15.1. The molecule has 0 spiro atoms. The van der Waals surface area contributed by atoms with Crippen LogP contribution in [-0.4, -0.2) is 62.3 Å². The zero-order valence-electron chi connectivity index (χ0n) is 17.5. The molecule has 3 aromatic rings. The van der Waals surface area contributed by atoms with Gasteiger partial charge < -0.3 is 15.0 Å². The summed E-state index contributed by atoms with van der Waals surface area (Å²) in [6, 6.07) is 3.84. The molecule has 10 heteroatoms. The number of hydrogen-bond acceptors (Lipinski definition) is 8. The van der Waals surface area contributed by atoms with Gasteiger partial charge in [0.05, 0.1) is 24.5 Å². The van der Waals surface area contributed by atoms with Crippen molar-refractivity contribution in [1.29, 1.82) is 0 Å². The Bertz CT molecular complexity index is 1100. The lowest BCUT2D eigenvalue weighted by Gasteiger charge is -2.31. The molecular weight excluding hydrogens is 396 g/mol. The molecule has 0 bridgehead atoms. The van der Waals surface area contributed by atoms with Crippen LogP contribution in [0.2, 0.25) is 0 Å². The summed E-state index contributed by atoms with van der Waals surface area (Å²) in [5, 5.41) is 9.54. The van der Waals surface area contributed by atoms with E-state index >= 15 is 0 Å². The van der Waals surface area contributed by atoms with Gasteiger partial charge in [0, 0.05) is 24.9 Å². The summed E-state index contributed by atoms with van der Waals surface area (Å²) in [5.74, 6) is 2.23. The van der Waals surface area contributed by atoms with E-state index in [1.54, 1.807) is 13.3 Å². The van der Waals surface area contributed by atoms with Crippen LogP contribution in [-0.2, 0) is 9.53 Å². The van der Waals surface area contributed by atoms with Gasteiger partial charge in [0.1, 0.15) is 12.0 Å². The number of aromatic amines is 1. The average molecular weight is 420 g/mol. The fourth-order valence-corrected chi connectivity index (χ4v) is 4.40. The van der Waals surface area contributed by atoms with Gasteiger partial charge in [0.15, 0.2) is 17.5 Å². The van der Waals surface area contributed by atoms with Crippen LogP contribution >= 0.6 is 0 Å². The van der Waals surface area contributed by atoms with Gasteiger partial charge >= 0.3 is 0 Å². The number of anilines is 2. The second-order valence-corrected chi connectivity index (χ2v) is 8.06. The summed E-state index contributed by atoms with van der Waals surface area (Å²) in [5.41, 5.74) is 3.13. The molecule has 2 aliphatic rings. The fourth-order valence-electron chi connectivity index (χ4n) is 4.40. The highest BCUT2D eigenvalue weighted by molar-refractivity contribution is 5.99. The molecule has 2 N–H and O–H groups in total. The first-order valence-corrected chi connectivity index (χ1v) is 10.4. The van der Waals surface area contributed by atoms with Crippen molar-refractivity contribution in [2.75, 3.05) is 30.4 Å². The second-order valence-electron chi connectivity index (χ2n) is 8.06. The molecule has 1 aliphatic heterocycles. The van der Waals surface area contributed by atoms with E-state index in [1.807, 2.05) is 24.0 Å². The first-order valence-electron chi connectivity index (χ1n) is 10.4. The van der Waals surface area contributed by atoms with Crippen LogP contribution in [0.25, 0.3) is 22.8 Å². The van der Waals surface area contributed by atoms with Crippen molar-refractivity contribution in [3.8, 4) is 22.8 Å². The predicted octanol–water partition coefficient (Wildman–Crippen LogP) is 2.21. The topological polar surface area (TPSA) is 122 Å². The zero-order chi connectivity index (χ0) is 21.4. The minimum Gasteiger partial charge on any atom is -0.381 e. The quantitative estimate of drug-likeness (QED) is 0.644. The molecule has 1 fully saturated rings. The van der Waals surface area contributed by atoms with Crippen molar-refractivity contribution < 1.29 is 9.53 Å². The van der Waals surface area contributed by atoms with Crippen LogP contribution in [0.3, 0.4) is 0 Å². The van der Waals surface area contributed by atoms with Crippen molar-refractivity contribution in [2.45, 2.75) is 32.3 Å². The van der Waals surface area contributed by atoms with Gasteiger partial charge in [-0.1, -0.05) is 0 Å². The zero-order valence-corrected chi connectivity index (χ0v) is 17.5. The van der Waals surface area contributed by atoms with Crippen molar-refractivity contribution in [3.05, 3.63) is 30.4 Å². The maximum absolute atomic E-state index is 12.2. The molecule has 1 saturated carbocycles. The molecule has 1 aliphatic carbocycles. The molecule has 5 rings (SSSR count). The van der Waals surface area contributed by atoms with Gasteiger partial charge in [-0.3, -0.25) is 9.89 Å². The Balaban J connectivity index is 1.44. The lowest BCUT2D eigenvalue weighted by Crippen LogP contribution is -2.41. The van der Waals surface area contributed by atoms with Gasteiger partial charge in [-0.05, 0) is 44.2 Å². The molecule has 160 valence electrons. The van der Waals surface area contributed by atoms with Crippen molar-refractivity contribution in [1.82, 2.24) is 30.1 Å². The summed E-state index contributed by atoms with van der Waals surface area (Å²) < 4.78 is 5.50. The third-order valence-corrected chi connectivity index (χ3v) is 5.97. The number of H-pyrrole nitrogens is 1. The summed E-state index contributed by atoms with van der Waals surface area (Å²) in [6.45, 7) is 2.97. The van der Waals surface area contributed by atoms with Gasteiger partial charge in [-0.25, -0.2) is 19.9 Å². The molecule has 0 aromatic carbocycles. The highest BCUT2D eigenvalue weighted by Gasteiger charge is 2.31. The van der Waals surface area contributed by atoms with Crippen LogP contribution in [0, 0.1) is 12.8 Å². The number of ether oxygens (including phenoxy) is 1. The molecular formula is C21H24N8O2. The van der Waals surface area contributed by atoms with Crippen LogP contribution < -0.4 is 10.2 Å². The van der Waals surface area contributed by atoms with E-state index in [2.05, 4.69) is 30.5 Å². The van der Waals surface area contributed by atoms with Gasteiger partial charge in [0.2, 0.25) is 5.91 Å². The number of pyridine rings is 1. The molecule has 10 nitrogen and oxygen atoms in total. The van der Waals surface area contributed by atoms with E-state index in [0.29, 0.717) is 35.2 Å². The van der Waals surface area contributed by atoms with E-state index in [1.165, 1.54) is 6.33 Å². The molecule has 3 aromatic heterocycles. The second kappa shape index (κ2) is 8.03. The summed E-state index contributed by atoms with van der Waals surface area (Å²) in [7, 11) is 1.76. The lowest BCUT2D eigenvalue weighted by atomic mass is 10.1. The van der Waals surface area contributed by atoms with Crippen LogP contribution in [0.4, 0.5) is 11.6 Å². The number of nitrogens with one attached hydrogen (secondary N) is 2. The normalized spacial score (nSPS) is 20.6. The Kier molecular flexibility index (Phi) is 5.06. The molecule has 0 radical (unpaired) electrons. The summed E-state index contributed by atoms with van der Waals surface area (Å²) in [6.07, 6.45) is 6.59. The summed E-state index contributed by atoms with van der Waals surface area (Å²) >= 11 is 0. The number of nitrogens with zero attached hydrogens (tertiary/aromatic N) is 6. The highest BCUT2D eigenvalue weighted by atomic mass is 16.5. The Labute approximate surface area is 179 Å². The van der Waals surface area contributed by atoms with Crippen LogP contribution in [0.1, 0.15) is 25.0 Å². The number of carbonyl (C=O) groups excluding carboxylic acids is 1. The van der Waals surface area contributed by atoms with E-state index < -0.39 is 0 Å². The molecule has 2 atom stereocenters. The van der Waals surface area contributed by atoms with E-state index in [0.717, 1.165) is 42.8 Å². The Morgan fingerprint density at radius 3 is 2.84 bits per heavy atom. The van der Waals surface area contributed by atoms with Crippen LogP contribution in [0.15, 0.2) is 24.7 Å². The lowest BCUT2D eigenvalue weighted by molar-refractivity contribution is -0.115. The minimum atomic E-state index is -0.0647. The fraction of sp³-hybridized carbons (Fsp3) is 0.429. The SMILES string of the molecule is CO[C@@H]1CC[C@H](CN2CC(=O)Nc3ncc(-c4ccc(-c5ncn[nH]5)nc4C)nc32)C1. The molecule has 0 unspecified atom stereocenters. The maximum Gasteiger partial charge on any atom is 0.245 e. The average Bonchev–Trinajstić information content (AvgIpc) is 3.46.